The number of fused-ring (bicyclic) bond motifs is 1. The van der Waals surface area contributed by atoms with Crippen LogP contribution in [0, 0.1) is 5.92 Å². The number of benzene rings is 1. The summed E-state index contributed by atoms with van der Waals surface area (Å²) in [6, 6.07) is 7.77. The first kappa shape index (κ1) is 16.1. The molecule has 0 radical (unpaired) electrons. The summed E-state index contributed by atoms with van der Waals surface area (Å²) in [4.78, 5) is 29.5. The standard InChI is InChI=1S/C18H18BrNO3/c1-10-15(18(22)23-2)16(11-6-8-12(19)9-7-11)17-13(20-10)4-3-5-14(17)21/h6-9,16-17H,3-5H2,1-2H3. The number of esters is 1. The molecule has 0 amide bonds. The predicted molar refractivity (Wildman–Crippen MR) is 91.4 cm³/mol. The van der Waals surface area contributed by atoms with Gasteiger partial charge in [0.25, 0.3) is 0 Å². The minimum atomic E-state index is -0.406. The lowest BCUT2D eigenvalue weighted by atomic mass is 9.69. The number of nitrogens with zero attached hydrogens (tertiary/aromatic N) is 1. The lowest BCUT2D eigenvalue weighted by Crippen LogP contribution is -2.38. The quantitative estimate of drug-likeness (QED) is 0.738. The van der Waals surface area contributed by atoms with E-state index in [0.717, 1.165) is 28.6 Å². The molecule has 5 heteroatoms. The van der Waals surface area contributed by atoms with E-state index >= 15 is 0 Å². The summed E-state index contributed by atoms with van der Waals surface area (Å²) >= 11 is 3.43. The van der Waals surface area contributed by atoms with Gasteiger partial charge in [-0.15, -0.1) is 0 Å². The maximum absolute atomic E-state index is 12.6. The number of allylic oxidation sites excluding steroid dienone is 1. The molecule has 1 aliphatic heterocycles. The summed E-state index contributed by atoms with van der Waals surface area (Å²) in [7, 11) is 1.36. The number of hydrogen-bond donors (Lipinski definition) is 0. The van der Waals surface area contributed by atoms with Gasteiger partial charge < -0.3 is 4.74 Å². The molecular formula is C18H18BrNO3. The highest BCUT2D eigenvalue weighted by atomic mass is 79.9. The van der Waals surface area contributed by atoms with E-state index in [-0.39, 0.29) is 17.6 Å². The van der Waals surface area contributed by atoms with Gasteiger partial charge in [0, 0.05) is 28.2 Å². The van der Waals surface area contributed by atoms with E-state index in [0.29, 0.717) is 17.7 Å². The second-order valence-electron chi connectivity index (χ2n) is 5.92. The number of ether oxygens (including phenoxy) is 1. The second kappa shape index (κ2) is 6.40. The van der Waals surface area contributed by atoms with Gasteiger partial charge >= 0.3 is 5.97 Å². The van der Waals surface area contributed by atoms with Gasteiger partial charge in [0.1, 0.15) is 5.78 Å². The first-order valence-corrected chi connectivity index (χ1v) is 8.47. The van der Waals surface area contributed by atoms with Crippen LogP contribution in [-0.2, 0) is 14.3 Å². The van der Waals surface area contributed by atoms with E-state index in [2.05, 4.69) is 20.9 Å². The first-order chi connectivity index (χ1) is 11.0. The van der Waals surface area contributed by atoms with Crippen molar-refractivity contribution in [2.24, 2.45) is 10.9 Å². The van der Waals surface area contributed by atoms with Crippen molar-refractivity contribution in [2.75, 3.05) is 7.11 Å². The molecule has 1 heterocycles. The molecule has 120 valence electrons. The number of aliphatic imine (C=N–C) groups is 1. The molecule has 0 aromatic heterocycles. The van der Waals surface area contributed by atoms with Crippen LogP contribution in [0.25, 0.3) is 0 Å². The minimum Gasteiger partial charge on any atom is -0.466 e. The summed E-state index contributed by atoms with van der Waals surface area (Å²) < 4.78 is 5.92. The van der Waals surface area contributed by atoms with Crippen LogP contribution in [-0.4, -0.2) is 24.6 Å². The largest absolute Gasteiger partial charge is 0.466 e. The number of hydrogen-bond acceptors (Lipinski definition) is 4. The normalized spacial score (nSPS) is 24.1. The highest BCUT2D eigenvalue weighted by Gasteiger charge is 2.43. The number of Topliss-reactive ketones (excluding diaryl/α,β-unsaturated/α-hetero) is 1. The van der Waals surface area contributed by atoms with Crippen molar-refractivity contribution in [3.8, 4) is 0 Å². The van der Waals surface area contributed by atoms with E-state index in [9.17, 15) is 9.59 Å². The number of rotatable bonds is 2. The van der Waals surface area contributed by atoms with Crippen molar-refractivity contribution in [1.29, 1.82) is 0 Å². The van der Waals surface area contributed by atoms with Crippen LogP contribution in [0.5, 0.6) is 0 Å². The van der Waals surface area contributed by atoms with Crippen LogP contribution in [0.1, 0.15) is 37.7 Å². The van der Waals surface area contributed by atoms with E-state index in [1.165, 1.54) is 7.11 Å². The van der Waals surface area contributed by atoms with E-state index in [1.54, 1.807) is 0 Å². The van der Waals surface area contributed by atoms with Crippen molar-refractivity contribution < 1.29 is 14.3 Å². The zero-order valence-corrected chi connectivity index (χ0v) is 14.7. The molecule has 0 bridgehead atoms. The fourth-order valence-corrected chi connectivity index (χ4v) is 3.79. The summed E-state index contributed by atoms with van der Waals surface area (Å²) in [6.45, 7) is 1.82. The Labute approximate surface area is 143 Å². The second-order valence-corrected chi connectivity index (χ2v) is 6.84. The Bertz CT molecular complexity index is 718. The fraction of sp³-hybridized carbons (Fsp3) is 0.389. The Kier molecular flexibility index (Phi) is 4.48. The molecule has 3 rings (SSSR count). The van der Waals surface area contributed by atoms with Gasteiger partial charge in [-0.2, -0.15) is 0 Å². The van der Waals surface area contributed by atoms with Crippen LogP contribution in [0.4, 0.5) is 0 Å². The summed E-state index contributed by atoms with van der Waals surface area (Å²) in [5, 5.41) is 0. The third-order valence-electron chi connectivity index (χ3n) is 4.54. The smallest absolute Gasteiger partial charge is 0.336 e. The fourth-order valence-electron chi connectivity index (χ4n) is 3.53. The highest BCUT2D eigenvalue weighted by molar-refractivity contribution is 9.10. The SMILES string of the molecule is COC(=O)C1=C(C)N=C2CCCC(=O)C2C1c1ccc(Br)cc1. The maximum atomic E-state index is 12.6. The van der Waals surface area contributed by atoms with Crippen LogP contribution in [0.3, 0.4) is 0 Å². The summed E-state index contributed by atoms with van der Waals surface area (Å²) in [5.74, 6) is -0.896. The molecular weight excluding hydrogens is 358 g/mol. The molecule has 2 unspecified atom stereocenters. The lowest BCUT2D eigenvalue weighted by Gasteiger charge is -2.35. The monoisotopic (exact) mass is 375 g/mol. The molecule has 1 aliphatic carbocycles. The molecule has 0 N–H and O–H groups in total. The third-order valence-corrected chi connectivity index (χ3v) is 5.07. The van der Waals surface area contributed by atoms with Gasteiger partial charge in [0.05, 0.1) is 18.6 Å². The first-order valence-electron chi connectivity index (χ1n) is 7.67. The van der Waals surface area contributed by atoms with Gasteiger partial charge in [0.2, 0.25) is 0 Å². The number of ketones is 1. The number of carbonyl (C=O) groups is 2. The molecule has 2 aliphatic rings. The third kappa shape index (κ3) is 2.90. The van der Waals surface area contributed by atoms with Crippen LogP contribution >= 0.6 is 15.9 Å². The van der Waals surface area contributed by atoms with Crippen LogP contribution in [0.15, 0.2) is 45.0 Å². The number of carbonyl (C=O) groups excluding carboxylic acids is 2. The van der Waals surface area contributed by atoms with Crippen LogP contribution < -0.4 is 0 Å². The van der Waals surface area contributed by atoms with Gasteiger partial charge in [0.15, 0.2) is 0 Å². The van der Waals surface area contributed by atoms with E-state index in [1.807, 2.05) is 31.2 Å². The topological polar surface area (TPSA) is 55.7 Å². The van der Waals surface area contributed by atoms with E-state index in [4.69, 9.17) is 4.74 Å². The van der Waals surface area contributed by atoms with Crippen LogP contribution in [0.2, 0.25) is 0 Å². The zero-order chi connectivity index (χ0) is 16.6. The van der Waals surface area contributed by atoms with Crippen molar-refractivity contribution in [3.05, 3.63) is 45.6 Å². The molecule has 4 nitrogen and oxygen atoms in total. The van der Waals surface area contributed by atoms with Crippen molar-refractivity contribution >= 4 is 33.4 Å². The Hall–Kier alpha value is -1.75. The Morgan fingerprint density at radius 1 is 1.22 bits per heavy atom. The maximum Gasteiger partial charge on any atom is 0.336 e. The molecule has 23 heavy (non-hydrogen) atoms. The molecule has 0 saturated heterocycles. The average Bonchev–Trinajstić information content (AvgIpc) is 2.54. The summed E-state index contributed by atoms with van der Waals surface area (Å²) in [6.07, 6.45) is 2.20. The molecule has 0 spiro atoms. The minimum absolute atomic E-state index is 0.164. The van der Waals surface area contributed by atoms with Gasteiger partial charge in [-0.25, -0.2) is 4.79 Å². The number of halogens is 1. The van der Waals surface area contributed by atoms with Crippen molar-refractivity contribution in [1.82, 2.24) is 0 Å². The van der Waals surface area contributed by atoms with Gasteiger partial charge in [-0.3, -0.25) is 9.79 Å². The Balaban J connectivity index is 2.17. The lowest BCUT2D eigenvalue weighted by molar-refractivity contribution is -0.136. The molecule has 1 fully saturated rings. The molecule has 1 saturated carbocycles. The summed E-state index contributed by atoms with van der Waals surface area (Å²) in [5.41, 5.74) is 3.00. The highest BCUT2D eigenvalue weighted by Crippen LogP contribution is 2.43. The Morgan fingerprint density at radius 2 is 1.91 bits per heavy atom. The Morgan fingerprint density at radius 3 is 2.57 bits per heavy atom. The van der Waals surface area contributed by atoms with Gasteiger partial charge in [-0.05, 0) is 37.5 Å². The van der Waals surface area contributed by atoms with Gasteiger partial charge in [-0.1, -0.05) is 28.1 Å². The van der Waals surface area contributed by atoms with E-state index < -0.39 is 5.97 Å². The molecule has 2 atom stereocenters. The zero-order valence-electron chi connectivity index (χ0n) is 13.1. The molecule has 1 aromatic carbocycles. The predicted octanol–water partition coefficient (Wildman–Crippen LogP) is 3.80. The average molecular weight is 376 g/mol. The molecule has 1 aromatic rings. The van der Waals surface area contributed by atoms with Crippen molar-refractivity contribution in [3.63, 3.8) is 0 Å². The van der Waals surface area contributed by atoms with Crippen molar-refractivity contribution in [2.45, 2.75) is 32.1 Å². The number of methoxy groups -OCH3 is 1.